The number of carbonyl (C=O) groups is 1. The Kier molecular flexibility index (Phi) is 6.79. The summed E-state index contributed by atoms with van der Waals surface area (Å²) >= 11 is 13.6. The molecule has 2 aromatic heterocycles. The Labute approximate surface area is 200 Å². The molecule has 0 atom stereocenters. The number of aromatic nitrogens is 4. The maximum absolute atomic E-state index is 12.6. The summed E-state index contributed by atoms with van der Waals surface area (Å²) in [6.45, 7) is 4.12. The van der Waals surface area contributed by atoms with Crippen molar-refractivity contribution in [1.82, 2.24) is 19.7 Å². The van der Waals surface area contributed by atoms with E-state index < -0.39 is 0 Å². The lowest BCUT2D eigenvalue weighted by atomic mass is 10.1. The molecule has 0 bridgehead atoms. The van der Waals surface area contributed by atoms with Gasteiger partial charge >= 0.3 is 0 Å². The molecule has 2 heterocycles. The third kappa shape index (κ3) is 4.65. The molecule has 0 saturated heterocycles. The first kappa shape index (κ1) is 22.3. The second-order valence-corrected chi connectivity index (χ2v) is 8.79. The molecule has 2 aromatic carbocycles. The molecule has 0 spiro atoms. The van der Waals surface area contributed by atoms with Gasteiger partial charge in [-0.3, -0.25) is 14.3 Å². The van der Waals surface area contributed by atoms with E-state index in [4.69, 9.17) is 23.2 Å². The first-order chi connectivity index (χ1) is 15.5. The summed E-state index contributed by atoms with van der Waals surface area (Å²) < 4.78 is 1.97. The van der Waals surface area contributed by atoms with Gasteiger partial charge in [0.1, 0.15) is 0 Å². The Morgan fingerprint density at radius 2 is 1.69 bits per heavy atom. The largest absolute Gasteiger partial charge is 0.323 e. The van der Waals surface area contributed by atoms with Gasteiger partial charge in [-0.05, 0) is 55.3 Å². The number of benzene rings is 2. The number of pyridine rings is 1. The fourth-order valence-corrected chi connectivity index (χ4v) is 4.41. The van der Waals surface area contributed by atoms with Gasteiger partial charge in [-0.1, -0.05) is 53.2 Å². The number of rotatable bonds is 6. The monoisotopic (exact) mass is 483 g/mol. The van der Waals surface area contributed by atoms with E-state index in [0.29, 0.717) is 26.7 Å². The first-order valence-electron chi connectivity index (χ1n) is 9.74. The molecular formula is C23H19Cl2N5OS. The molecule has 4 aromatic rings. The molecule has 32 heavy (non-hydrogen) atoms. The molecule has 0 aliphatic heterocycles. The predicted molar refractivity (Wildman–Crippen MR) is 130 cm³/mol. The van der Waals surface area contributed by atoms with Gasteiger partial charge in [0.25, 0.3) is 0 Å². The number of hydrogen-bond donors (Lipinski definition) is 1. The number of hydrogen-bond acceptors (Lipinski definition) is 5. The van der Waals surface area contributed by atoms with Crippen molar-refractivity contribution < 1.29 is 4.79 Å². The van der Waals surface area contributed by atoms with E-state index >= 15 is 0 Å². The van der Waals surface area contributed by atoms with Crippen LogP contribution in [0.25, 0.3) is 17.1 Å². The number of nitrogens with zero attached hydrogens (tertiary/aromatic N) is 4. The number of amides is 1. The number of anilines is 1. The van der Waals surface area contributed by atoms with Crippen LogP contribution in [0.5, 0.6) is 0 Å². The van der Waals surface area contributed by atoms with Crippen LogP contribution >= 0.6 is 35.0 Å². The van der Waals surface area contributed by atoms with Crippen molar-refractivity contribution in [3.05, 3.63) is 82.1 Å². The van der Waals surface area contributed by atoms with Crippen molar-refractivity contribution in [3.63, 3.8) is 0 Å². The summed E-state index contributed by atoms with van der Waals surface area (Å²) in [4.78, 5) is 16.7. The summed E-state index contributed by atoms with van der Waals surface area (Å²) in [5.41, 5.74) is 4.50. The highest BCUT2D eigenvalue weighted by atomic mass is 35.5. The number of nitrogens with one attached hydrogen (secondary N) is 1. The van der Waals surface area contributed by atoms with Crippen LogP contribution in [-0.2, 0) is 4.79 Å². The lowest BCUT2D eigenvalue weighted by molar-refractivity contribution is -0.113. The standard InChI is InChI=1S/C23H19Cl2N5OS/c1-14-5-3-8-19(15(14)2)30-22(16-9-11-26-12-10-16)28-29-23(30)32-13-20(31)27-21-17(24)6-4-7-18(21)25/h3-12H,13H2,1-2H3,(H,27,31). The third-order valence-corrected chi connectivity index (χ3v) is 6.51. The van der Waals surface area contributed by atoms with Gasteiger partial charge in [0.05, 0.1) is 27.2 Å². The first-order valence-corrected chi connectivity index (χ1v) is 11.5. The average molecular weight is 484 g/mol. The van der Waals surface area contributed by atoms with Crippen LogP contribution in [0.1, 0.15) is 11.1 Å². The molecule has 0 aliphatic carbocycles. The smallest absolute Gasteiger partial charge is 0.234 e. The fourth-order valence-electron chi connectivity index (χ4n) is 3.17. The van der Waals surface area contributed by atoms with E-state index in [1.807, 2.05) is 28.8 Å². The lowest BCUT2D eigenvalue weighted by Crippen LogP contribution is -2.15. The topological polar surface area (TPSA) is 72.7 Å². The van der Waals surface area contributed by atoms with E-state index in [-0.39, 0.29) is 11.7 Å². The number of aryl methyl sites for hydroxylation is 1. The van der Waals surface area contributed by atoms with E-state index in [1.165, 1.54) is 11.8 Å². The molecule has 162 valence electrons. The van der Waals surface area contributed by atoms with Crippen molar-refractivity contribution in [3.8, 4) is 17.1 Å². The maximum atomic E-state index is 12.6. The minimum atomic E-state index is -0.244. The van der Waals surface area contributed by atoms with E-state index in [2.05, 4.69) is 40.4 Å². The highest BCUT2D eigenvalue weighted by Crippen LogP contribution is 2.32. The molecule has 0 aliphatic rings. The van der Waals surface area contributed by atoms with Gasteiger partial charge in [0, 0.05) is 18.0 Å². The van der Waals surface area contributed by atoms with Crippen LogP contribution in [0.4, 0.5) is 5.69 Å². The zero-order chi connectivity index (χ0) is 22.7. The maximum Gasteiger partial charge on any atom is 0.234 e. The fraction of sp³-hybridized carbons (Fsp3) is 0.130. The van der Waals surface area contributed by atoms with Crippen molar-refractivity contribution in [2.24, 2.45) is 0 Å². The Morgan fingerprint density at radius 1 is 1.00 bits per heavy atom. The Hall–Kier alpha value is -2.87. The molecule has 0 radical (unpaired) electrons. The molecule has 0 fully saturated rings. The molecule has 1 amide bonds. The van der Waals surface area contributed by atoms with Gasteiger partial charge in [0.15, 0.2) is 11.0 Å². The normalized spacial score (nSPS) is 10.9. The molecule has 4 rings (SSSR count). The van der Waals surface area contributed by atoms with Crippen molar-refractivity contribution in [2.75, 3.05) is 11.1 Å². The van der Waals surface area contributed by atoms with Gasteiger partial charge in [-0.15, -0.1) is 10.2 Å². The second-order valence-electron chi connectivity index (χ2n) is 7.03. The van der Waals surface area contributed by atoms with E-state index in [1.54, 1.807) is 30.6 Å². The SMILES string of the molecule is Cc1cccc(-n2c(SCC(=O)Nc3c(Cl)cccc3Cl)nnc2-c2ccncc2)c1C. The van der Waals surface area contributed by atoms with Gasteiger partial charge in [-0.2, -0.15) is 0 Å². The summed E-state index contributed by atoms with van der Waals surface area (Å²) in [6, 6.07) is 14.9. The average Bonchev–Trinajstić information content (AvgIpc) is 3.21. The van der Waals surface area contributed by atoms with Crippen molar-refractivity contribution in [2.45, 2.75) is 19.0 Å². The molecule has 6 nitrogen and oxygen atoms in total. The third-order valence-electron chi connectivity index (χ3n) is 4.95. The summed E-state index contributed by atoms with van der Waals surface area (Å²) in [5, 5.41) is 12.9. The van der Waals surface area contributed by atoms with Crippen molar-refractivity contribution >= 4 is 46.6 Å². The van der Waals surface area contributed by atoms with Crippen LogP contribution in [0.3, 0.4) is 0 Å². The van der Waals surface area contributed by atoms with Gasteiger partial charge in [0.2, 0.25) is 5.91 Å². The minimum absolute atomic E-state index is 0.112. The molecule has 0 saturated carbocycles. The van der Waals surface area contributed by atoms with Crippen LogP contribution in [0.15, 0.2) is 66.1 Å². The highest BCUT2D eigenvalue weighted by molar-refractivity contribution is 7.99. The lowest BCUT2D eigenvalue weighted by Gasteiger charge is -2.14. The summed E-state index contributed by atoms with van der Waals surface area (Å²) in [6.07, 6.45) is 3.43. The number of halogens is 2. The number of carbonyl (C=O) groups excluding carboxylic acids is 1. The summed E-state index contributed by atoms with van der Waals surface area (Å²) in [5.74, 6) is 0.546. The quantitative estimate of drug-likeness (QED) is 0.341. The minimum Gasteiger partial charge on any atom is -0.323 e. The molecule has 1 N–H and O–H groups in total. The van der Waals surface area contributed by atoms with Gasteiger partial charge in [-0.25, -0.2) is 0 Å². The molecular weight excluding hydrogens is 465 g/mol. The zero-order valence-corrected chi connectivity index (χ0v) is 19.7. The van der Waals surface area contributed by atoms with Crippen LogP contribution in [0, 0.1) is 13.8 Å². The second kappa shape index (κ2) is 9.73. The zero-order valence-electron chi connectivity index (χ0n) is 17.3. The van der Waals surface area contributed by atoms with Crippen LogP contribution < -0.4 is 5.32 Å². The highest BCUT2D eigenvalue weighted by Gasteiger charge is 2.19. The Balaban J connectivity index is 1.65. The van der Waals surface area contributed by atoms with Crippen LogP contribution in [0.2, 0.25) is 10.0 Å². The van der Waals surface area contributed by atoms with Crippen LogP contribution in [-0.4, -0.2) is 31.4 Å². The Morgan fingerprint density at radius 3 is 2.41 bits per heavy atom. The number of thioether (sulfide) groups is 1. The predicted octanol–water partition coefficient (Wildman–Crippen LogP) is 5.98. The molecule has 9 heteroatoms. The van der Waals surface area contributed by atoms with Gasteiger partial charge < -0.3 is 5.32 Å². The Bertz CT molecular complexity index is 1260. The molecule has 0 unspecified atom stereocenters. The van der Waals surface area contributed by atoms with E-state index in [9.17, 15) is 4.79 Å². The number of para-hydroxylation sites is 1. The summed E-state index contributed by atoms with van der Waals surface area (Å²) in [7, 11) is 0. The van der Waals surface area contributed by atoms with Crippen molar-refractivity contribution in [1.29, 1.82) is 0 Å². The van der Waals surface area contributed by atoms with E-state index in [0.717, 1.165) is 22.4 Å².